The number of anilines is 1. The summed E-state index contributed by atoms with van der Waals surface area (Å²) in [6.07, 6.45) is 6.49. The van der Waals surface area contributed by atoms with Crippen molar-refractivity contribution in [1.82, 2.24) is 14.3 Å². The van der Waals surface area contributed by atoms with Crippen LogP contribution < -0.4 is 5.32 Å². The molecule has 0 bridgehead atoms. The number of nitrogens with one attached hydrogen (secondary N) is 1. The molecule has 0 unspecified atom stereocenters. The highest BCUT2D eigenvalue weighted by Gasteiger charge is 2.20. The SMILES string of the molecule is Cc1ccc(C)n1-c1ccc(C(=O)Nc2ccnn2C2CCCC2)cc1. The van der Waals surface area contributed by atoms with Gasteiger partial charge in [-0.25, -0.2) is 4.68 Å². The lowest BCUT2D eigenvalue weighted by Crippen LogP contribution is -2.17. The fourth-order valence-electron chi connectivity index (χ4n) is 3.88. The van der Waals surface area contributed by atoms with Crippen LogP contribution in [0.4, 0.5) is 5.82 Å². The van der Waals surface area contributed by atoms with E-state index in [2.05, 4.69) is 41.0 Å². The molecule has 5 heteroatoms. The van der Waals surface area contributed by atoms with E-state index in [1.807, 2.05) is 35.0 Å². The van der Waals surface area contributed by atoms with Crippen LogP contribution in [-0.4, -0.2) is 20.3 Å². The summed E-state index contributed by atoms with van der Waals surface area (Å²) in [6, 6.07) is 14.2. The molecule has 4 rings (SSSR count). The van der Waals surface area contributed by atoms with E-state index < -0.39 is 0 Å². The van der Waals surface area contributed by atoms with Crippen molar-refractivity contribution in [2.24, 2.45) is 0 Å². The Morgan fingerprint density at radius 1 is 1.00 bits per heavy atom. The first kappa shape index (κ1) is 16.6. The van der Waals surface area contributed by atoms with E-state index in [1.165, 1.54) is 24.2 Å². The summed E-state index contributed by atoms with van der Waals surface area (Å²) in [5, 5.41) is 7.43. The molecule has 1 N–H and O–H groups in total. The number of hydrogen-bond donors (Lipinski definition) is 1. The first-order chi connectivity index (χ1) is 12.6. The molecule has 26 heavy (non-hydrogen) atoms. The fraction of sp³-hybridized carbons (Fsp3) is 0.333. The Morgan fingerprint density at radius 2 is 1.65 bits per heavy atom. The van der Waals surface area contributed by atoms with Crippen molar-refractivity contribution in [1.29, 1.82) is 0 Å². The third kappa shape index (κ3) is 3.05. The van der Waals surface area contributed by atoms with Gasteiger partial charge >= 0.3 is 0 Å². The Balaban J connectivity index is 1.52. The third-order valence-electron chi connectivity index (χ3n) is 5.24. The van der Waals surface area contributed by atoms with Crippen LogP contribution in [0.2, 0.25) is 0 Å². The van der Waals surface area contributed by atoms with Gasteiger partial charge in [0.15, 0.2) is 0 Å². The van der Waals surface area contributed by atoms with Crippen molar-refractivity contribution in [3.05, 3.63) is 65.6 Å². The molecule has 134 valence electrons. The number of aryl methyl sites for hydroxylation is 2. The zero-order valence-electron chi connectivity index (χ0n) is 15.3. The molecule has 0 spiro atoms. The molecule has 0 aliphatic heterocycles. The molecule has 5 nitrogen and oxygen atoms in total. The molecule has 0 saturated heterocycles. The third-order valence-corrected chi connectivity index (χ3v) is 5.24. The average Bonchev–Trinajstić information content (AvgIpc) is 3.37. The first-order valence-corrected chi connectivity index (χ1v) is 9.24. The minimum atomic E-state index is -0.0998. The molecule has 1 aromatic carbocycles. The Bertz CT molecular complexity index is 894. The number of nitrogens with zero attached hydrogens (tertiary/aromatic N) is 3. The van der Waals surface area contributed by atoms with Crippen LogP contribution in [-0.2, 0) is 0 Å². The molecule has 1 saturated carbocycles. The second kappa shape index (κ2) is 6.83. The van der Waals surface area contributed by atoms with Gasteiger partial charge in [-0.1, -0.05) is 12.8 Å². The monoisotopic (exact) mass is 348 g/mol. The van der Waals surface area contributed by atoms with Crippen LogP contribution in [0.5, 0.6) is 0 Å². The van der Waals surface area contributed by atoms with Gasteiger partial charge in [0.25, 0.3) is 5.91 Å². The van der Waals surface area contributed by atoms with E-state index in [4.69, 9.17) is 0 Å². The van der Waals surface area contributed by atoms with Crippen LogP contribution in [0.1, 0.15) is 53.5 Å². The topological polar surface area (TPSA) is 51.9 Å². The largest absolute Gasteiger partial charge is 0.319 e. The van der Waals surface area contributed by atoms with Crippen molar-refractivity contribution < 1.29 is 4.79 Å². The van der Waals surface area contributed by atoms with E-state index in [0.717, 1.165) is 24.3 Å². The van der Waals surface area contributed by atoms with Crippen molar-refractivity contribution >= 4 is 11.7 Å². The number of amides is 1. The number of carbonyl (C=O) groups excluding carboxylic acids is 1. The summed E-state index contributed by atoms with van der Waals surface area (Å²) >= 11 is 0. The number of benzene rings is 1. The summed E-state index contributed by atoms with van der Waals surface area (Å²) in [5.74, 6) is 0.681. The van der Waals surface area contributed by atoms with Crippen LogP contribution in [0.15, 0.2) is 48.7 Å². The quantitative estimate of drug-likeness (QED) is 0.745. The lowest BCUT2D eigenvalue weighted by molar-refractivity contribution is 0.102. The molecule has 1 aliphatic carbocycles. The second-order valence-electron chi connectivity index (χ2n) is 7.05. The standard InChI is InChI=1S/C21H24N4O/c1-15-7-8-16(2)24(15)18-11-9-17(10-12-18)21(26)23-20-13-14-22-25(20)19-5-3-4-6-19/h7-14,19H,3-6H2,1-2H3,(H,23,26). The van der Waals surface area contributed by atoms with E-state index in [1.54, 1.807) is 6.20 Å². The minimum absolute atomic E-state index is 0.0998. The summed E-state index contributed by atoms with van der Waals surface area (Å²) in [5.41, 5.74) is 4.08. The van der Waals surface area contributed by atoms with Gasteiger partial charge in [0, 0.05) is 28.7 Å². The van der Waals surface area contributed by atoms with Gasteiger partial charge in [-0.15, -0.1) is 0 Å². The minimum Gasteiger partial charge on any atom is -0.319 e. The zero-order chi connectivity index (χ0) is 18.1. The van der Waals surface area contributed by atoms with Gasteiger partial charge in [-0.3, -0.25) is 4.79 Å². The van der Waals surface area contributed by atoms with Crippen molar-refractivity contribution in [2.75, 3.05) is 5.32 Å². The van der Waals surface area contributed by atoms with Crippen molar-refractivity contribution in [3.63, 3.8) is 0 Å². The van der Waals surface area contributed by atoms with Gasteiger partial charge in [0.05, 0.1) is 12.2 Å². The van der Waals surface area contributed by atoms with Crippen LogP contribution in [0, 0.1) is 13.8 Å². The smallest absolute Gasteiger partial charge is 0.256 e. The lowest BCUT2D eigenvalue weighted by Gasteiger charge is -2.15. The molecular formula is C21H24N4O. The predicted molar refractivity (Wildman–Crippen MR) is 103 cm³/mol. The highest BCUT2D eigenvalue weighted by molar-refractivity contribution is 6.03. The van der Waals surface area contributed by atoms with E-state index in [9.17, 15) is 4.79 Å². The second-order valence-corrected chi connectivity index (χ2v) is 7.05. The number of rotatable bonds is 4. The normalized spacial score (nSPS) is 14.7. The van der Waals surface area contributed by atoms with E-state index >= 15 is 0 Å². The first-order valence-electron chi connectivity index (χ1n) is 9.24. The van der Waals surface area contributed by atoms with Crippen LogP contribution >= 0.6 is 0 Å². The maximum Gasteiger partial charge on any atom is 0.256 e. The lowest BCUT2D eigenvalue weighted by atomic mass is 10.2. The fourth-order valence-corrected chi connectivity index (χ4v) is 3.88. The molecule has 0 radical (unpaired) electrons. The molecule has 1 aliphatic rings. The Labute approximate surface area is 153 Å². The molecule has 1 amide bonds. The van der Waals surface area contributed by atoms with E-state index in [-0.39, 0.29) is 5.91 Å². The molecule has 2 heterocycles. The van der Waals surface area contributed by atoms with Crippen LogP contribution in [0.3, 0.4) is 0 Å². The van der Waals surface area contributed by atoms with Gasteiger partial charge in [-0.05, 0) is 63.1 Å². The van der Waals surface area contributed by atoms with Gasteiger partial charge in [0.1, 0.15) is 5.82 Å². The molecule has 3 aromatic rings. The zero-order valence-corrected chi connectivity index (χ0v) is 15.3. The Kier molecular flexibility index (Phi) is 4.37. The highest BCUT2D eigenvalue weighted by atomic mass is 16.1. The molecule has 0 atom stereocenters. The van der Waals surface area contributed by atoms with Crippen molar-refractivity contribution in [2.45, 2.75) is 45.6 Å². The van der Waals surface area contributed by atoms with Gasteiger partial charge in [-0.2, -0.15) is 5.10 Å². The van der Waals surface area contributed by atoms with Gasteiger partial charge in [0.2, 0.25) is 0 Å². The molecule has 2 aromatic heterocycles. The highest BCUT2D eigenvalue weighted by Crippen LogP contribution is 2.31. The molecular weight excluding hydrogens is 324 g/mol. The summed E-state index contributed by atoms with van der Waals surface area (Å²) in [4.78, 5) is 12.7. The summed E-state index contributed by atoms with van der Waals surface area (Å²) in [6.45, 7) is 4.16. The van der Waals surface area contributed by atoms with Crippen LogP contribution in [0.25, 0.3) is 5.69 Å². The van der Waals surface area contributed by atoms with Crippen molar-refractivity contribution in [3.8, 4) is 5.69 Å². The number of carbonyl (C=O) groups is 1. The predicted octanol–water partition coefficient (Wildman–Crippen LogP) is 4.66. The number of hydrogen-bond acceptors (Lipinski definition) is 2. The van der Waals surface area contributed by atoms with E-state index in [0.29, 0.717) is 11.6 Å². The Morgan fingerprint density at radius 3 is 2.31 bits per heavy atom. The maximum atomic E-state index is 12.7. The summed E-state index contributed by atoms with van der Waals surface area (Å²) in [7, 11) is 0. The Hall–Kier alpha value is -2.82. The average molecular weight is 348 g/mol. The maximum absolute atomic E-state index is 12.7. The summed E-state index contributed by atoms with van der Waals surface area (Å²) < 4.78 is 4.14. The molecule has 1 fully saturated rings. The number of aromatic nitrogens is 3. The van der Waals surface area contributed by atoms with Gasteiger partial charge < -0.3 is 9.88 Å².